The molecule has 4 rings (SSSR count). The van der Waals surface area contributed by atoms with Gasteiger partial charge in [-0.1, -0.05) is 12.1 Å². The first-order valence-electron chi connectivity index (χ1n) is 7.30. The maximum absolute atomic E-state index is 5.87. The Morgan fingerprint density at radius 1 is 1.23 bits per heavy atom. The van der Waals surface area contributed by atoms with Crippen molar-refractivity contribution in [3.63, 3.8) is 0 Å². The molecule has 0 amide bonds. The molecule has 22 heavy (non-hydrogen) atoms. The molecule has 0 N–H and O–H groups in total. The molecule has 0 aliphatic carbocycles. The summed E-state index contributed by atoms with van der Waals surface area (Å²) in [7, 11) is 0. The maximum Gasteiger partial charge on any atom is 0.148 e. The molecule has 0 saturated carbocycles. The van der Waals surface area contributed by atoms with E-state index in [2.05, 4.69) is 20.2 Å². The number of benzene rings is 1. The molecule has 1 aliphatic rings. The van der Waals surface area contributed by atoms with Gasteiger partial charge in [-0.2, -0.15) is 0 Å². The van der Waals surface area contributed by atoms with E-state index in [1.165, 1.54) is 0 Å². The molecule has 3 aromatic rings. The van der Waals surface area contributed by atoms with Crippen LogP contribution in [0, 0.1) is 6.92 Å². The van der Waals surface area contributed by atoms with Crippen molar-refractivity contribution in [1.29, 1.82) is 0 Å². The number of para-hydroxylation sites is 2. The molecule has 1 saturated heterocycles. The summed E-state index contributed by atoms with van der Waals surface area (Å²) in [5.41, 5.74) is 2.89. The standard InChI is InChI=1S/C16H16N4OS/c1-11-10-22-16(18-11)14-9-20(6-7-21-14)15-8-17-12-4-2-3-5-13(12)19-15/h2-5,8,10,14H,6-7,9H2,1H3. The van der Waals surface area contributed by atoms with Gasteiger partial charge in [0.05, 0.1) is 30.4 Å². The number of thiazole rings is 1. The van der Waals surface area contributed by atoms with Gasteiger partial charge < -0.3 is 9.64 Å². The van der Waals surface area contributed by atoms with Crippen LogP contribution in [0.3, 0.4) is 0 Å². The summed E-state index contributed by atoms with van der Waals surface area (Å²) < 4.78 is 5.87. The van der Waals surface area contributed by atoms with Gasteiger partial charge in [-0.15, -0.1) is 11.3 Å². The first kappa shape index (κ1) is 13.6. The smallest absolute Gasteiger partial charge is 0.148 e. The van der Waals surface area contributed by atoms with Gasteiger partial charge in [-0.25, -0.2) is 9.97 Å². The summed E-state index contributed by atoms with van der Waals surface area (Å²) in [5.74, 6) is 0.903. The van der Waals surface area contributed by atoms with Crippen LogP contribution < -0.4 is 4.90 Å². The van der Waals surface area contributed by atoms with E-state index >= 15 is 0 Å². The lowest BCUT2D eigenvalue weighted by Gasteiger charge is -2.32. The number of hydrogen-bond acceptors (Lipinski definition) is 6. The Morgan fingerprint density at radius 2 is 2.09 bits per heavy atom. The Hall–Kier alpha value is -2.05. The molecule has 0 spiro atoms. The summed E-state index contributed by atoms with van der Waals surface area (Å²) in [6.45, 7) is 4.28. The van der Waals surface area contributed by atoms with E-state index in [-0.39, 0.29) is 6.10 Å². The SMILES string of the molecule is Cc1csc(C2CN(c3cnc4ccccc4n3)CCO2)n1. The molecule has 0 bridgehead atoms. The molecular formula is C16H16N4OS. The van der Waals surface area contributed by atoms with Crippen LogP contribution in [0.2, 0.25) is 0 Å². The van der Waals surface area contributed by atoms with Crippen LogP contribution in [0.5, 0.6) is 0 Å². The summed E-state index contributed by atoms with van der Waals surface area (Å²) in [6.07, 6.45) is 1.86. The Bertz CT molecular complexity index is 803. The third-order valence-electron chi connectivity index (χ3n) is 3.74. The predicted molar refractivity (Wildman–Crippen MR) is 87.3 cm³/mol. The van der Waals surface area contributed by atoms with Gasteiger partial charge in [0.1, 0.15) is 16.9 Å². The monoisotopic (exact) mass is 312 g/mol. The van der Waals surface area contributed by atoms with E-state index in [4.69, 9.17) is 9.72 Å². The minimum absolute atomic E-state index is 0.0146. The van der Waals surface area contributed by atoms with Crippen LogP contribution in [0.15, 0.2) is 35.8 Å². The number of aryl methyl sites for hydroxylation is 1. The molecule has 0 radical (unpaired) electrons. The van der Waals surface area contributed by atoms with Gasteiger partial charge in [0.15, 0.2) is 0 Å². The van der Waals surface area contributed by atoms with E-state index in [9.17, 15) is 0 Å². The first-order valence-corrected chi connectivity index (χ1v) is 8.18. The quantitative estimate of drug-likeness (QED) is 0.728. The van der Waals surface area contributed by atoms with E-state index in [0.29, 0.717) is 6.61 Å². The van der Waals surface area contributed by atoms with Crippen LogP contribution in [-0.4, -0.2) is 34.6 Å². The molecule has 1 unspecified atom stereocenters. The fourth-order valence-electron chi connectivity index (χ4n) is 2.63. The molecule has 3 heterocycles. The van der Waals surface area contributed by atoms with Gasteiger partial charge in [-0.05, 0) is 19.1 Å². The Balaban J connectivity index is 1.60. The highest BCUT2D eigenvalue weighted by atomic mass is 32.1. The normalized spacial score (nSPS) is 18.8. The van der Waals surface area contributed by atoms with E-state index in [1.807, 2.05) is 37.4 Å². The topological polar surface area (TPSA) is 51.1 Å². The van der Waals surface area contributed by atoms with Crippen LogP contribution in [0.4, 0.5) is 5.82 Å². The summed E-state index contributed by atoms with van der Waals surface area (Å²) in [6, 6.07) is 7.94. The second-order valence-electron chi connectivity index (χ2n) is 5.35. The van der Waals surface area contributed by atoms with Crippen molar-refractivity contribution < 1.29 is 4.74 Å². The Kier molecular flexibility index (Phi) is 3.48. The van der Waals surface area contributed by atoms with Crippen molar-refractivity contribution in [2.45, 2.75) is 13.0 Å². The van der Waals surface area contributed by atoms with E-state index < -0.39 is 0 Å². The van der Waals surface area contributed by atoms with Crippen LogP contribution in [0.1, 0.15) is 16.8 Å². The van der Waals surface area contributed by atoms with Gasteiger partial charge >= 0.3 is 0 Å². The minimum Gasteiger partial charge on any atom is -0.367 e. The van der Waals surface area contributed by atoms with E-state index in [0.717, 1.165) is 40.6 Å². The summed E-state index contributed by atoms with van der Waals surface area (Å²) in [4.78, 5) is 16.0. The zero-order valence-electron chi connectivity index (χ0n) is 12.3. The van der Waals surface area contributed by atoms with Crippen molar-refractivity contribution in [2.75, 3.05) is 24.6 Å². The van der Waals surface area contributed by atoms with Crippen molar-refractivity contribution in [3.8, 4) is 0 Å². The van der Waals surface area contributed by atoms with Crippen molar-refractivity contribution in [3.05, 3.63) is 46.5 Å². The highest BCUT2D eigenvalue weighted by Gasteiger charge is 2.25. The Morgan fingerprint density at radius 3 is 2.91 bits per heavy atom. The number of morpholine rings is 1. The van der Waals surface area contributed by atoms with Gasteiger partial charge in [-0.3, -0.25) is 4.98 Å². The lowest BCUT2D eigenvalue weighted by atomic mass is 10.2. The lowest BCUT2D eigenvalue weighted by Crippen LogP contribution is -2.38. The van der Waals surface area contributed by atoms with Crippen molar-refractivity contribution in [1.82, 2.24) is 15.0 Å². The lowest BCUT2D eigenvalue weighted by molar-refractivity contribution is 0.0393. The Labute approximate surface area is 132 Å². The average Bonchev–Trinajstić information content (AvgIpc) is 3.01. The number of aromatic nitrogens is 3. The fraction of sp³-hybridized carbons (Fsp3) is 0.312. The van der Waals surface area contributed by atoms with Crippen LogP contribution in [-0.2, 0) is 4.74 Å². The molecule has 112 valence electrons. The zero-order chi connectivity index (χ0) is 14.9. The number of hydrogen-bond donors (Lipinski definition) is 0. The largest absolute Gasteiger partial charge is 0.367 e. The van der Waals surface area contributed by atoms with Gasteiger partial charge in [0.2, 0.25) is 0 Å². The molecule has 1 aliphatic heterocycles. The predicted octanol–water partition coefficient (Wildman–Crippen LogP) is 2.97. The van der Waals surface area contributed by atoms with Crippen LogP contribution in [0.25, 0.3) is 11.0 Å². The van der Waals surface area contributed by atoms with Gasteiger partial charge in [0.25, 0.3) is 0 Å². The third-order valence-corrected chi connectivity index (χ3v) is 4.79. The number of rotatable bonds is 2. The second kappa shape index (κ2) is 5.62. The number of anilines is 1. The highest BCUT2D eigenvalue weighted by Crippen LogP contribution is 2.27. The maximum atomic E-state index is 5.87. The zero-order valence-corrected chi connectivity index (χ0v) is 13.1. The number of nitrogens with zero attached hydrogens (tertiary/aromatic N) is 4. The molecule has 5 nitrogen and oxygen atoms in total. The molecule has 1 fully saturated rings. The second-order valence-corrected chi connectivity index (χ2v) is 6.24. The third kappa shape index (κ3) is 2.55. The molecule has 2 aromatic heterocycles. The number of ether oxygens (including phenoxy) is 1. The highest BCUT2D eigenvalue weighted by molar-refractivity contribution is 7.09. The fourth-order valence-corrected chi connectivity index (χ4v) is 3.46. The molecular weight excluding hydrogens is 296 g/mol. The summed E-state index contributed by atoms with van der Waals surface area (Å²) >= 11 is 1.66. The minimum atomic E-state index is 0.0146. The van der Waals surface area contributed by atoms with E-state index in [1.54, 1.807) is 11.3 Å². The van der Waals surface area contributed by atoms with Crippen molar-refractivity contribution in [2.24, 2.45) is 0 Å². The van der Waals surface area contributed by atoms with Crippen molar-refractivity contribution >= 4 is 28.2 Å². The molecule has 6 heteroatoms. The molecule has 1 aromatic carbocycles. The molecule has 1 atom stereocenters. The summed E-state index contributed by atoms with van der Waals surface area (Å²) in [5, 5.41) is 3.10. The van der Waals surface area contributed by atoms with Crippen LogP contribution >= 0.6 is 11.3 Å². The average molecular weight is 312 g/mol. The number of fused-ring (bicyclic) bond motifs is 1. The van der Waals surface area contributed by atoms with Gasteiger partial charge in [0, 0.05) is 17.6 Å². The first-order chi connectivity index (χ1) is 10.8.